The number of aliphatic hydroxyl groups is 1. The van der Waals surface area contributed by atoms with Gasteiger partial charge in [0.2, 0.25) is 0 Å². The lowest BCUT2D eigenvalue weighted by molar-refractivity contribution is -0.0535. The molecule has 4 unspecified atom stereocenters. The minimum atomic E-state index is -1.69. The highest BCUT2D eigenvalue weighted by Crippen LogP contribution is 2.40. The zero-order valence-corrected chi connectivity index (χ0v) is 9.49. The summed E-state index contributed by atoms with van der Waals surface area (Å²) in [6.45, 7) is 0. The second-order valence-electron chi connectivity index (χ2n) is 5.37. The van der Waals surface area contributed by atoms with Gasteiger partial charge in [-0.1, -0.05) is 0 Å². The molecule has 4 atom stereocenters. The number of halogens is 2. The molecular weight excluding hydrogens is 212 g/mol. The van der Waals surface area contributed by atoms with E-state index < -0.39 is 18.4 Å². The predicted octanol–water partition coefficient (Wildman–Crippen LogP) is 1.95. The molecule has 0 bridgehead atoms. The van der Waals surface area contributed by atoms with Crippen LogP contribution in [0.4, 0.5) is 8.78 Å². The Labute approximate surface area is 95.2 Å². The molecule has 0 heterocycles. The summed E-state index contributed by atoms with van der Waals surface area (Å²) in [6, 6.07) is 0.240. The first kappa shape index (κ1) is 12.2. The summed E-state index contributed by atoms with van der Waals surface area (Å²) in [4.78, 5) is 0. The molecule has 16 heavy (non-hydrogen) atoms. The van der Waals surface area contributed by atoms with Crippen LogP contribution in [0, 0.1) is 11.8 Å². The molecule has 0 aromatic rings. The minimum absolute atomic E-state index is 0.203. The fraction of sp³-hybridized carbons (Fsp3) is 1.00. The van der Waals surface area contributed by atoms with E-state index in [1.165, 1.54) is 0 Å². The molecule has 2 saturated carbocycles. The van der Waals surface area contributed by atoms with Crippen molar-refractivity contribution >= 4 is 0 Å². The van der Waals surface area contributed by atoms with Gasteiger partial charge in [-0.05, 0) is 50.4 Å². The molecule has 3 N–H and O–H groups in total. The zero-order chi connectivity index (χ0) is 11.7. The Morgan fingerprint density at radius 2 is 1.50 bits per heavy atom. The van der Waals surface area contributed by atoms with Crippen LogP contribution in [0.15, 0.2) is 0 Å². The third-order valence-electron chi connectivity index (χ3n) is 4.30. The standard InChI is InChI=1S/C12H21F2NO/c13-11-9(5-6-10(16)12(11)14)7-1-3-8(15)4-2-7/h7-12,16H,1-6,15H2. The van der Waals surface area contributed by atoms with E-state index in [0.717, 1.165) is 25.7 Å². The molecule has 2 aliphatic rings. The van der Waals surface area contributed by atoms with Crippen molar-refractivity contribution in [3.8, 4) is 0 Å². The molecule has 0 amide bonds. The second kappa shape index (κ2) is 4.96. The highest BCUT2D eigenvalue weighted by atomic mass is 19.2. The Hall–Kier alpha value is -0.220. The fourth-order valence-electron chi connectivity index (χ4n) is 3.20. The van der Waals surface area contributed by atoms with Gasteiger partial charge in [-0.3, -0.25) is 0 Å². The summed E-state index contributed by atoms with van der Waals surface area (Å²) >= 11 is 0. The van der Waals surface area contributed by atoms with Crippen molar-refractivity contribution in [3.05, 3.63) is 0 Å². The largest absolute Gasteiger partial charge is 0.390 e. The lowest BCUT2D eigenvalue weighted by atomic mass is 9.70. The van der Waals surface area contributed by atoms with E-state index >= 15 is 0 Å². The first-order chi connectivity index (χ1) is 7.59. The second-order valence-corrected chi connectivity index (χ2v) is 5.37. The first-order valence-corrected chi connectivity index (χ1v) is 6.31. The lowest BCUT2D eigenvalue weighted by Crippen LogP contribution is -2.45. The molecule has 0 spiro atoms. The number of hydrogen-bond acceptors (Lipinski definition) is 2. The number of rotatable bonds is 1. The molecule has 2 fully saturated rings. The monoisotopic (exact) mass is 233 g/mol. The number of alkyl halides is 2. The van der Waals surface area contributed by atoms with Gasteiger partial charge in [0.1, 0.15) is 6.17 Å². The van der Waals surface area contributed by atoms with Crippen LogP contribution in [0.5, 0.6) is 0 Å². The maximum absolute atomic E-state index is 13.8. The average Bonchev–Trinajstić information content (AvgIpc) is 2.28. The van der Waals surface area contributed by atoms with Crippen LogP contribution in [0.1, 0.15) is 38.5 Å². The highest BCUT2D eigenvalue weighted by molar-refractivity contribution is 4.92. The van der Waals surface area contributed by atoms with Crippen molar-refractivity contribution in [1.82, 2.24) is 0 Å². The van der Waals surface area contributed by atoms with Crippen LogP contribution in [-0.4, -0.2) is 29.6 Å². The van der Waals surface area contributed by atoms with Crippen LogP contribution in [0.25, 0.3) is 0 Å². The van der Waals surface area contributed by atoms with Crippen LogP contribution in [-0.2, 0) is 0 Å². The predicted molar refractivity (Wildman–Crippen MR) is 58.5 cm³/mol. The molecule has 94 valence electrons. The van der Waals surface area contributed by atoms with Crippen molar-refractivity contribution in [1.29, 1.82) is 0 Å². The maximum Gasteiger partial charge on any atom is 0.157 e. The summed E-state index contributed by atoms with van der Waals surface area (Å²) in [5.41, 5.74) is 5.80. The van der Waals surface area contributed by atoms with Gasteiger partial charge in [-0.15, -0.1) is 0 Å². The van der Waals surface area contributed by atoms with Crippen molar-refractivity contribution in [3.63, 3.8) is 0 Å². The van der Waals surface area contributed by atoms with Gasteiger partial charge in [-0.25, -0.2) is 8.78 Å². The Morgan fingerprint density at radius 1 is 0.875 bits per heavy atom. The molecule has 2 rings (SSSR count). The van der Waals surface area contributed by atoms with Gasteiger partial charge in [0, 0.05) is 6.04 Å². The zero-order valence-electron chi connectivity index (χ0n) is 9.49. The first-order valence-electron chi connectivity index (χ1n) is 6.31. The van der Waals surface area contributed by atoms with E-state index in [1.807, 2.05) is 0 Å². The SMILES string of the molecule is NC1CCC(C2CCC(O)C(F)C2F)CC1. The van der Waals surface area contributed by atoms with E-state index in [9.17, 15) is 13.9 Å². The van der Waals surface area contributed by atoms with Crippen molar-refractivity contribution < 1.29 is 13.9 Å². The van der Waals surface area contributed by atoms with E-state index in [2.05, 4.69) is 0 Å². The van der Waals surface area contributed by atoms with Gasteiger partial charge < -0.3 is 10.8 Å². The number of hydrogen-bond donors (Lipinski definition) is 2. The summed E-state index contributed by atoms with van der Waals surface area (Å²) < 4.78 is 27.2. The number of nitrogens with two attached hydrogens (primary N) is 1. The maximum atomic E-state index is 13.8. The average molecular weight is 233 g/mol. The fourth-order valence-corrected chi connectivity index (χ4v) is 3.20. The number of aliphatic hydroxyl groups excluding tert-OH is 1. The highest BCUT2D eigenvalue weighted by Gasteiger charge is 2.43. The Bertz CT molecular complexity index is 231. The van der Waals surface area contributed by atoms with Crippen LogP contribution in [0.3, 0.4) is 0 Å². The smallest absolute Gasteiger partial charge is 0.157 e. The van der Waals surface area contributed by atoms with E-state index in [1.54, 1.807) is 0 Å². The third-order valence-corrected chi connectivity index (χ3v) is 4.30. The van der Waals surface area contributed by atoms with Crippen molar-refractivity contribution in [2.75, 3.05) is 0 Å². The van der Waals surface area contributed by atoms with E-state index in [-0.39, 0.29) is 17.9 Å². The quantitative estimate of drug-likeness (QED) is 0.727. The molecule has 0 aromatic carbocycles. The van der Waals surface area contributed by atoms with Crippen LogP contribution in [0.2, 0.25) is 0 Å². The van der Waals surface area contributed by atoms with Gasteiger partial charge in [0.15, 0.2) is 6.17 Å². The molecule has 0 saturated heterocycles. The molecule has 0 radical (unpaired) electrons. The Kier molecular flexibility index (Phi) is 3.80. The van der Waals surface area contributed by atoms with Gasteiger partial charge in [0.05, 0.1) is 6.10 Å². The molecule has 2 nitrogen and oxygen atoms in total. The van der Waals surface area contributed by atoms with E-state index in [4.69, 9.17) is 5.73 Å². The van der Waals surface area contributed by atoms with Crippen molar-refractivity contribution in [2.45, 2.75) is 63.0 Å². The summed E-state index contributed by atoms with van der Waals surface area (Å²) in [5.74, 6) is 0.0615. The normalized spacial score (nSPS) is 50.2. The molecule has 4 heteroatoms. The van der Waals surface area contributed by atoms with Crippen molar-refractivity contribution in [2.24, 2.45) is 17.6 Å². The topological polar surface area (TPSA) is 46.2 Å². The molecular formula is C12H21F2NO. The third kappa shape index (κ3) is 2.38. The molecule has 0 aromatic heterocycles. The van der Waals surface area contributed by atoms with Gasteiger partial charge >= 0.3 is 0 Å². The molecule has 2 aliphatic carbocycles. The summed E-state index contributed by atoms with van der Waals surface area (Å²) in [7, 11) is 0. The Balaban J connectivity index is 1.94. The molecule has 0 aliphatic heterocycles. The summed E-state index contributed by atoms with van der Waals surface area (Å²) in [6.07, 6.45) is 0.414. The Morgan fingerprint density at radius 3 is 2.12 bits per heavy atom. The van der Waals surface area contributed by atoms with E-state index in [0.29, 0.717) is 12.8 Å². The summed E-state index contributed by atoms with van der Waals surface area (Å²) in [5, 5.41) is 9.27. The minimum Gasteiger partial charge on any atom is -0.390 e. The van der Waals surface area contributed by atoms with Gasteiger partial charge in [-0.2, -0.15) is 0 Å². The van der Waals surface area contributed by atoms with Gasteiger partial charge in [0.25, 0.3) is 0 Å². The van der Waals surface area contributed by atoms with Crippen LogP contribution < -0.4 is 5.73 Å². The van der Waals surface area contributed by atoms with Crippen LogP contribution >= 0.6 is 0 Å². The lowest BCUT2D eigenvalue weighted by Gasteiger charge is -2.39.